The van der Waals surface area contributed by atoms with Gasteiger partial charge in [0, 0.05) is 31.4 Å². The Hall–Kier alpha value is -5.35. The summed E-state index contributed by atoms with van der Waals surface area (Å²) in [5.74, 6) is 1.66. The highest BCUT2D eigenvalue weighted by molar-refractivity contribution is 8.14. The molecule has 0 aliphatic heterocycles. The second kappa shape index (κ2) is 31.5. The fourth-order valence-corrected chi connectivity index (χ4v) is 8.23. The number of benzene rings is 6. The SMILES string of the molecule is C=O.CCCCCCOc1ccc(SC(=O)c2ccc(C)cc2)cc1.CCCCCCc1ccc(SC(=O)c2ccc(C)cc2)cc1.COc1ccc(SC(=O)c2ccc(C)cc2)cc1. The van der Waals surface area contributed by atoms with Gasteiger partial charge in [-0.2, -0.15) is 0 Å². The van der Waals surface area contributed by atoms with Gasteiger partial charge in [-0.25, -0.2) is 0 Å². The van der Waals surface area contributed by atoms with Crippen molar-refractivity contribution in [2.45, 2.75) is 107 Å². The minimum Gasteiger partial charge on any atom is -0.497 e. The van der Waals surface area contributed by atoms with Gasteiger partial charge in [-0.1, -0.05) is 154 Å². The highest BCUT2D eigenvalue weighted by Gasteiger charge is 2.10. The van der Waals surface area contributed by atoms with Crippen molar-refractivity contribution < 1.29 is 28.7 Å². The third kappa shape index (κ3) is 21.5. The molecule has 6 aromatic rings. The number of hydrogen-bond donors (Lipinski definition) is 0. The number of carbonyl (C=O) groups is 4. The van der Waals surface area contributed by atoms with Gasteiger partial charge in [0.1, 0.15) is 18.3 Å². The standard InChI is InChI=1S/C20H24O2S.C20H24OS.C15H14O2S.CH2O/c1-3-4-5-6-15-22-18-11-13-19(14-12-18)23-20(21)17-9-7-16(2)8-10-17;1-3-4-5-6-7-17-10-14-19(15-11-17)22-20(21)18-12-8-16(2)9-13-18;1-11-3-5-12(6-4-11)15(16)18-14-9-7-13(17-2)8-10-14;1-2/h7-14H,3-6,15H2,1-2H3;8-15H,3-7H2,1-2H3;3-10H,1-2H3;1H2. The summed E-state index contributed by atoms with van der Waals surface area (Å²) in [7, 11) is 1.62. The Balaban J connectivity index is 0.000000256. The maximum Gasteiger partial charge on any atom is 0.224 e. The number of carbonyl (C=O) groups excluding carboxylic acids is 4. The van der Waals surface area contributed by atoms with Crippen molar-refractivity contribution in [3.8, 4) is 11.5 Å². The first kappa shape index (κ1) is 54.0. The fourth-order valence-electron chi connectivity index (χ4n) is 6.01. The van der Waals surface area contributed by atoms with E-state index >= 15 is 0 Å². The van der Waals surface area contributed by atoms with E-state index in [0.29, 0.717) is 0 Å². The topological polar surface area (TPSA) is 86.7 Å². The van der Waals surface area contributed by atoms with Crippen LogP contribution in [0.3, 0.4) is 0 Å². The van der Waals surface area contributed by atoms with Crippen LogP contribution in [-0.2, 0) is 11.2 Å². The summed E-state index contributed by atoms with van der Waals surface area (Å²) in [6, 6.07) is 46.7. The third-order valence-corrected chi connectivity index (χ3v) is 12.7. The molecule has 65 heavy (non-hydrogen) atoms. The lowest BCUT2D eigenvalue weighted by Gasteiger charge is -2.07. The van der Waals surface area contributed by atoms with E-state index in [1.807, 2.05) is 149 Å². The van der Waals surface area contributed by atoms with E-state index in [9.17, 15) is 14.4 Å². The monoisotopic (exact) mass is 928 g/mol. The van der Waals surface area contributed by atoms with Crippen molar-refractivity contribution >= 4 is 57.4 Å². The molecule has 6 nitrogen and oxygen atoms in total. The Morgan fingerprint density at radius 2 is 0.769 bits per heavy atom. The molecule has 0 spiro atoms. The third-order valence-electron chi connectivity index (χ3n) is 9.89. The molecule has 0 saturated heterocycles. The summed E-state index contributed by atoms with van der Waals surface area (Å²) in [5.41, 5.74) is 7.07. The summed E-state index contributed by atoms with van der Waals surface area (Å²) >= 11 is 3.78. The number of thioether (sulfide) groups is 3. The molecule has 0 radical (unpaired) electrons. The van der Waals surface area contributed by atoms with Crippen molar-refractivity contribution in [3.63, 3.8) is 0 Å². The number of methoxy groups -OCH3 is 1. The molecule has 0 atom stereocenters. The zero-order valence-corrected chi connectivity index (χ0v) is 41.3. The molecule has 0 fully saturated rings. The van der Waals surface area contributed by atoms with Crippen LogP contribution in [0.1, 0.15) is 119 Å². The fraction of sp³-hybridized carbons (Fsp3) is 0.286. The van der Waals surface area contributed by atoms with Crippen LogP contribution >= 0.6 is 35.3 Å². The zero-order valence-electron chi connectivity index (χ0n) is 38.8. The molecule has 0 amide bonds. The number of rotatable bonds is 18. The van der Waals surface area contributed by atoms with E-state index in [4.69, 9.17) is 14.3 Å². The van der Waals surface area contributed by atoms with Crippen LogP contribution in [0.2, 0.25) is 0 Å². The van der Waals surface area contributed by atoms with Crippen LogP contribution in [0.25, 0.3) is 0 Å². The number of aryl methyl sites for hydroxylation is 4. The molecule has 0 heterocycles. The van der Waals surface area contributed by atoms with Gasteiger partial charge in [-0.15, -0.1) is 0 Å². The van der Waals surface area contributed by atoms with E-state index in [1.165, 1.54) is 91.4 Å². The highest BCUT2D eigenvalue weighted by atomic mass is 32.2. The molecule has 9 heteroatoms. The van der Waals surface area contributed by atoms with Crippen LogP contribution in [-0.4, -0.2) is 35.9 Å². The molecule has 6 aromatic carbocycles. The molecule has 0 aromatic heterocycles. The molecule has 0 bridgehead atoms. The van der Waals surface area contributed by atoms with Crippen molar-refractivity contribution in [3.05, 3.63) is 185 Å². The predicted octanol–water partition coefficient (Wildman–Crippen LogP) is 15.7. The smallest absolute Gasteiger partial charge is 0.224 e. The van der Waals surface area contributed by atoms with Crippen LogP contribution in [0.5, 0.6) is 11.5 Å². The first-order valence-corrected chi connectivity index (χ1v) is 24.6. The molecule has 0 aliphatic rings. The lowest BCUT2D eigenvalue weighted by Crippen LogP contribution is -1.97. The second-order valence-electron chi connectivity index (χ2n) is 15.3. The first-order chi connectivity index (χ1) is 31.6. The highest BCUT2D eigenvalue weighted by Crippen LogP contribution is 2.27. The Kier molecular flexibility index (Phi) is 26.2. The van der Waals surface area contributed by atoms with Crippen molar-refractivity contribution in [2.75, 3.05) is 13.7 Å². The average molecular weight is 929 g/mol. The molecule has 0 aliphatic carbocycles. The van der Waals surface area contributed by atoms with Gasteiger partial charge < -0.3 is 14.3 Å². The summed E-state index contributed by atoms with van der Waals surface area (Å²) in [5, 5.41) is 0.231. The van der Waals surface area contributed by atoms with E-state index < -0.39 is 0 Å². The maximum atomic E-state index is 12.2. The lowest BCUT2D eigenvalue weighted by molar-refractivity contribution is -0.0980. The van der Waals surface area contributed by atoms with Gasteiger partial charge >= 0.3 is 0 Å². The van der Waals surface area contributed by atoms with Crippen LogP contribution in [0.15, 0.2) is 160 Å². The van der Waals surface area contributed by atoms with E-state index in [0.717, 1.165) is 73.5 Å². The zero-order chi connectivity index (χ0) is 47.2. The van der Waals surface area contributed by atoms with E-state index in [2.05, 4.69) is 38.1 Å². The minimum atomic E-state index is 0.0557. The van der Waals surface area contributed by atoms with Crippen LogP contribution < -0.4 is 9.47 Å². The van der Waals surface area contributed by atoms with Crippen LogP contribution in [0, 0.1) is 20.8 Å². The van der Waals surface area contributed by atoms with Gasteiger partial charge in [0.25, 0.3) is 0 Å². The molecule has 0 saturated carbocycles. The number of hydrogen-bond acceptors (Lipinski definition) is 9. The van der Waals surface area contributed by atoms with E-state index in [1.54, 1.807) is 7.11 Å². The Morgan fingerprint density at radius 3 is 1.12 bits per heavy atom. The summed E-state index contributed by atoms with van der Waals surface area (Å²) in [6.07, 6.45) is 11.1. The van der Waals surface area contributed by atoms with E-state index in [-0.39, 0.29) is 15.3 Å². The summed E-state index contributed by atoms with van der Waals surface area (Å²) in [4.78, 5) is 47.3. The summed E-state index contributed by atoms with van der Waals surface area (Å²) in [6.45, 7) is 13.2. The van der Waals surface area contributed by atoms with Gasteiger partial charge in [0.05, 0.1) is 13.7 Å². The maximum absolute atomic E-state index is 12.2. The molecule has 0 unspecified atom stereocenters. The van der Waals surface area contributed by atoms with Gasteiger partial charge in [-0.3, -0.25) is 14.4 Å². The largest absolute Gasteiger partial charge is 0.497 e. The first-order valence-electron chi connectivity index (χ1n) is 22.2. The average Bonchev–Trinajstić information content (AvgIpc) is 3.33. The van der Waals surface area contributed by atoms with Gasteiger partial charge in [-0.05, 0) is 142 Å². The minimum absolute atomic E-state index is 0.0557. The van der Waals surface area contributed by atoms with Crippen LogP contribution in [0.4, 0.5) is 0 Å². The van der Waals surface area contributed by atoms with Crippen molar-refractivity contribution in [2.24, 2.45) is 0 Å². The Morgan fingerprint density at radius 1 is 0.431 bits per heavy atom. The predicted molar refractivity (Wildman–Crippen MR) is 275 cm³/mol. The number of unbranched alkanes of at least 4 members (excludes halogenated alkanes) is 6. The van der Waals surface area contributed by atoms with Gasteiger partial charge in [0.15, 0.2) is 0 Å². The summed E-state index contributed by atoms with van der Waals surface area (Å²) < 4.78 is 10.8. The molecular weight excluding hydrogens is 865 g/mol. The van der Waals surface area contributed by atoms with Gasteiger partial charge in [0.2, 0.25) is 15.3 Å². The lowest BCUT2D eigenvalue weighted by atomic mass is 10.1. The molecular formula is C56H64O6S3. The normalized spacial score (nSPS) is 10.2. The Bertz CT molecular complexity index is 2260. The molecule has 0 N–H and O–H groups in total. The Labute approximate surface area is 400 Å². The molecule has 6 rings (SSSR count). The quantitative estimate of drug-likeness (QED) is 0.0618. The molecule has 342 valence electrons. The van der Waals surface area contributed by atoms with Crippen molar-refractivity contribution in [1.82, 2.24) is 0 Å². The van der Waals surface area contributed by atoms with Crippen molar-refractivity contribution in [1.29, 1.82) is 0 Å². The number of ether oxygens (including phenoxy) is 2. The second-order valence-corrected chi connectivity index (χ2v) is 18.4.